The van der Waals surface area contributed by atoms with Crippen molar-refractivity contribution in [3.8, 4) is 5.75 Å². The highest BCUT2D eigenvalue weighted by atomic mass is 16.5. The van der Waals surface area contributed by atoms with E-state index in [9.17, 15) is 4.79 Å². The van der Waals surface area contributed by atoms with E-state index in [1.807, 2.05) is 43.5 Å². The number of para-hydroxylation sites is 1. The number of pyridine rings is 2. The first-order chi connectivity index (χ1) is 12.3. The SMILES string of the molecule is Cc1cccc(NC=O)n1.c1cnc2c(OC3CCC3)cccc2c1. The van der Waals surface area contributed by atoms with Crippen LogP contribution in [0.5, 0.6) is 5.75 Å². The highest BCUT2D eigenvalue weighted by molar-refractivity contribution is 5.84. The molecule has 0 aliphatic heterocycles. The van der Waals surface area contributed by atoms with Crippen LogP contribution in [0, 0.1) is 6.92 Å². The number of fused-ring (bicyclic) bond motifs is 1. The molecule has 0 unspecified atom stereocenters. The zero-order valence-corrected chi connectivity index (χ0v) is 14.2. The van der Waals surface area contributed by atoms with Gasteiger partial charge in [0.1, 0.15) is 17.1 Å². The largest absolute Gasteiger partial charge is 0.488 e. The van der Waals surface area contributed by atoms with Crippen LogP contribution in [0.1, 0.15) is 25.0 Å². The third-order valence-corrected chi connectivity index (χ3v) is 4.04. The molecule has 0 bridgehead atoms. The number of aromatic nitrogens is 2. The average Bonchev–Trinajstić information content (AvgIpc) is 2.59. The molecule has 1 amide bonds. The Morgan fingerprint density at radius 2 is 1.92 bits per heavy atom. The number of rotatable bonds is 4. The summed E-state index contributed by atoms with van der Waals surface area (Å²) in [6.45, 7) is 1.87. The Morgan fingerprint density at radius 3 is 2.64 bits per heavy atom. The Balaban J connectivity index is 0.000000160. The van der Waals surface area contributed by atoms with E-state index in [0.29, 0.717) is 18.3 Å². The Kier molecular flexibility index (Phi) is 5.57. The van der Waals surface area contributed by atoms with Crippen molar-refractivity contribution in [2.24, 2.45) is 0 Å². The summed E-state index contributed by atoms with van der Waals surface area (Å²) in [7, 11) is 0. The van der Waals surface area contributed by atoms with Gasteiger partial charge in [0.15, 0.2) is 0 Å². The van der Waals surface area contributed by atoms with Crippen molar-refractivity contribution in [3.63, 3.8) is 0 Å². The molecule has 1 aliphatic carbocycles. The minimum Gasteiger partial charge on any atom is -0.488 e. The minimum absolute atomic E-state index is 0.414. The van der Waals surface area contributed by atoms with E-state index in [4.69, 9.17) is 4.74 Å². The highest BCUT2D eigenvalue weighted by Crippen LogP contribution is 2.29. The lowest BCUT2D eigenvalue weighted by molar-refractivity contribution is -0.105. The van der Waals surface area contributed by atoms with Crippen LogP contribution in [0.25, 0.3) is 10.9 Å². The Hall–Kier alpha value is -2.95. The number of nitrogens with zero attached hydrogens (tertiary/aromatic N) is 2. The van der Waals surface area contributed by atoms with Gasteiger partial charge >= 0.3 is 0 Å². The standard InChI is InChI=1S/C13H13NO.C7H8N2O/c1-4-10-5-3-9-14-13(10)12(8-1)15-11-6-2-7-11;1-6-3-2-4-7(9-6)8-5-10/h1,3-5,8-9,11H,2,6-7H2;2-5H,1H3,(H,8,9,10). The second-order valence-electron chi connectivity index (χ2n) is 5.93. The van der Waals surface area contributed by atoms with Gasteiger partial charge in [0.25, 0.3) is 0 Å². The monoisotopic (exact) mass is 335 g/mol. The summed E-state index contributed by atoms with van der Waals surface area (Å²) < 4.78 is 5.90. The molecule has 4 rings (SSSR count). The van der Waals surface area contributed by atoms with Crippen LogP contribution in [-0.2, 0) is 4.79 Å². The van der Waals surface area contributed by atoms with Gasteiger partial charge in [-0.2, -0.15) is 0 Å². The fraction of sp³-hybridized carbons (Fsp3) is 0.250. The highest BCUT2D eigenvalue weighted by Gasteiger charge is 2.19. The van der Waals surface area contributed by atoms with Crippen LogP contribution < -0.4 is 10.1 Å². The van der Waals surface area contributed by atoms with Crippen LogP contribution in [0.4, 0.5) is 5.82 Å². The Morgan fingerprint density at radius 1 is 1.12 bits per heavy atom. The molecule has 3 aromatic rings. The van der Waals surface area contributed by atoms with Crippen molar-refractivity contribution in [2.75, 3.05) is 5.32 Å². The fourth-order valence-corrected chi connectivity index (χ4v) is 2.52. The predicted octanol–water partition coefficient (Wildman–Crippen LogP) is 4.12. The fourth-order valence-electron chi connectivity index (χ4n) is 2.52. The van der Waals surface area contributed by atoms with Crippen molar-refractivity contribution in [3.05, 3.63) is 60.4 Å². The predicted molar refractivity (Wildman–Crippen MR) is 98.7 cm³/mol. The van der Waals surface area contributed by atoms with Crippen molar-refractivity contribution in [2.45, 2.75) is 32.3 Å². The molecule has 1 aromatic carbocycles. The van der Waals surface area contributed by atoms with E-state index in [0.717, 1.165) is 22.3 Å². The molecule has 2 heterocycles. The third-order valence-electron chi connectivity index (χ3n) is 4.04. The van der Waals surface area contributed by atoms with Crippen LogP contribution in [0.2, 0.25) is 0 Å². The first-order valence-corrected chi connectivity index (χ1v) is 8.40. The maximum atomic E-state index is 9.93. The molecule has 5 heteroatoms. The molecule has 2 aromatic heterocycles. The molecule has 1 saturated carbocycles. The number of carbonyl (C=O) groups excluding carboxylic acids is 1. The normalized spacial score (nSPS) is 13.3. The summed E-state index contributed by atoms with van der Waals surface area (Å²) in [5.41, 5.74) is 1.87. The lowest BCUT2D eigenvalue weighted by Gasteiger charge is -2.26. The van der Waals surface area contributed by atoms with E-state index >= 15 is 0 Å². The lowest BCUT2D eigenvalue weighted by atomic mass is 9.96. The average molecular weight is 335 g/mol. The van der Waals surface area contributed by atoms with Gasteiger partial charge in [0.05, 0.1) is 6.10 Å². The van der Waals surface area contributed by atoms with E-state index in [1.54, 1.807) is 6.07 Å². The molecule has 1 fully saturated rings. The van der Waals surface area contributed by atoms with Crippen LogP contribution in [0.3, 0.4) is 0 Å². The smallest absolute Gasteiger partial charge is 0.212 e. The minimum atomic E-state index is 0.414. The van der Waals surface area contributed by atoms with Gasteiger partial charge in [-0.05, 0) is 50.5 Å². The number of hydrogen-bond donors (Lipinski definition) is 1. The van der Waals surface area contributed by atoms with Gasteiger partial charge in [-0.25, -0.2) is 4.98 Å². The van der Waals surface area contributed by atoms with E-state index < -0.39 is 0 Å². The van der Waals surface area contributed by atoms with Crippen LogP contribution in [0.15, 0.2) is 54.7 Å². The molecular formula is C20H21N3O2. The quantitative estimate of drug-likeness (QED) is 0.728. The van der Waals surface area contributed by atoms with Gasteiger partial charge < -0.3 is 10.1 Å². The number of carbonyl (C=O) groups is 1. The second kappa shape index (κ2) is 8.24. The molecule has 128 valence electrons. The molecule has 5 nitrogen and oxygen atoms in total. The summed E-state index contributed by atoms with van der Waals surface area (Å²) in [6, 6.07) is 15.6. The number of nitrogens with one attached hydrogen (secondary N) is 1. The Labute approximate surface area is 147 Å². The molecule has 0 radical (unpaired) electrons. The van der Waals surface area contributed by atoms with Gasteiger partial charge in [-0.1, -0.05) is 24.3 Å². The first-order valence-electron chi connectivity index (χ1n) is 8.40. The maximum absolute atomic E-state index is 9.93. The van der Waals surface area contributed by atoms with E-state index in [-0.39, 0.29) is 0 Å². The van der Waals surface area contributed by atoms with Crippen molar-refractivity contribution < 1.29 is 9.53 Å². The number of aryl methyl sites for hydroxylation is 1. The summed E-state index contributed by atoms with van der Waals surface area (Å²) in [4.78, 5) is 18.3. The van der Waals surface area contributed by atoms with Gasteiger partial charge in [0.2, 0.25) is 6.41 Å². The number of anilines is 1. The Bertz CT molecular complexity index is 842. The molecule has 1 N–H and O–H groups in total. The van der Waals surface area contributed by atoms with E-state index in [2.05, 4.69) is 27.4 Å². The van der Waals surface area contributed by atoms with Crippen LogP contribution in [-0.4, -0.2) is 22.5 Å². The zero-order valence-electron chi connectivity index (χ0n) is 14.2. The molecule has 0 spiro atoms. The van der Waals surface area contributed by atoms with Crippen LogP contribution >= 0.6 is 0 Å². The maximum Gasteiger partial charge on any atom is 0.212 e. The summed E-state index contributed by atoms with van der Waals surface area (Å²) >= 11 is 0. The zero-order chi connectivity index (χ0) is 17.5. The second-order valence-corrected chi connectivity index (χ2v) is 5.93. The molecule has 1 aliphatic rings. The van der Waals surface area contributed by atoms with Gasteiger partial charge in [-0.15, -0.1) is 0 Å². The van der Waals surface area contributed by atoms with Gasteiger partial charge in [-0.3, -0.25) is 9.78 Å². The van der Waals surface area contributed by atoms with Crippen molar-refractivity contribution in [1.82, 2.24) is 9.97 Å². The number of ether oxygens (including phenoxy) is 1. The summed E-state index contributed by atoms with van der Waals surface area (Å²) in [5, 5.41) is 3.60. The summed E-state index contributed by atoms with van der Waals surface area (Å²) in [6.07, 6.45) is 6.50. The number of amides is 1. The summed E-state index contributed by atoms with van der Waals surface area (Å²) in [5.74, 6) is 1.52. The molecular weight excluding hydrogens is 314 g/mol. The number of hydrogen-bond acceptors (Lipinski definition) is 4. The molecule has 0 saturated heterocycles. The lowest BCUT2D eigenvalue weighted by Crippen LogP contribution is -2.24. The van der Waals surface area contributed by atoms with Gasteiger partial charge in [0, 0.05) is 17.3 Å². The molecule has 0 atom stereocenters. The molecule has 25 heavy (non-hydrogen) atoms. The third kappa shape index (κ3) is 4.53. The van der Waals surface area contributed by atoms with E-state index in [1.165, 1.54) is 19.3 Å². The van der Waals surface area contributed by atoms with Crippen molar-refractivity contribution in [1.29, 1.82) is 0 Å². The van der Waals surface area contributed by atoms with Crippen molar-refractivity contribution >= 4 is 23.1 Å². The number of benzene rings is 1. The topological polar surface area (TPSA) is 64.1 Å². The first kappa shape index (κ1) is 16.9.